The Kier molecular flexibility index (Phi) is 4.75. The molecule has 0 aliphatic carbocycles. The Balaban J connectivity index is 1.81. The van der Waals surface area contributed by atoms with Gasteiger partial charge in [-0.15, -0.1) is 0 Å². The van der Waals surface area contributed by atoms with Crippen LogP contribution >= 0.6 is 0 Å². The molecule has 3 rings (SSSR count). The van der Waals surface area contributed by atoms with E-state index in [0.29, 0.717) is 31.0 Å². The van der Waals surface area contributed by atoms with E-state index in [1.165, 1.54) is 9.36 Å². The second-order valence-electron chi connectivity index (χ2n) is 4.64. The van der Waals surface area contributed by atoms with Gasteiger partial charge in [0.15, 0.2) is 0 Å². The van der Waals surface area contributed by atoms with E-state index in [1.54, 1.807) is 43.8 Å². The number of rotatable bonds is 7. The minimum atomic E-state index is -0.279. The number of hydrogen-bond donors (Lipinski definition) is 1. The summed E-state index contributed by atoms with van der Waals surface area (Å²) in [4.78, 5) is 24.3. The van der Waals surface area contributed by atoms with Crippen molar-refractivity contribution in [1.82, 2.24) is 34.5 Å². The van der Waals surface area contributed by atoms with E-state index in [0.717, 1.165) is 0 Å². The number of carbonyl (C=O) groups excluding carboxylic acids is 1. The Bertz CT molecular complexity index is 733. The third kappa shape index (κ3) is 3.72. The summed E-state index contributed by atoms with van der Waals surface area (Å²) < 4.78 is 7.92. The first-order valence-corrected chi connectivity index (χ1v) is 7.42. The van der Waals surface area contributed by atoms with Crippen molar-refractivity contribution in [2.75, 3.05) is 18.5 Å². The Morgan fingerprint density at radius 2 is 1.71 bits per heavy atom. The SMILES string of the molecule is CCOC(=O)CCNc1nc(-n2cccn2)nc(-n2cccn2)n1. The molecule has 0 amide bonds. The fraction of sp³-hybridized carbons (Fsp3) is 0.286. The second kappa shape index (κ2) is 7.31. The fourth-order valence-corrected chi connectivity index (χ4v) is 1.92. The lowest BCUT2D eigenvalue weighted by Crippen LogP contribution is -2.16. The average molecular weight is 328 g/mol. The van der Waals surface area contributed by atoms with E-state index >= 15 is 0 Å². The highest BCUT2D eigenvalue weighted by Gasteiger charge is 2.11. The monoisotopic (exact) mass is 328 g/mol. The molecule has 3 aromatic rings. The van der Waals surface area contributed by atoms with Gasteiger partial charge in [-0.2, -0.15) is 25.1 Å². The molecule has 3 heterocycles. The van der Waals surface area contributed by atoms with Gasteiger partial charge in [0.2, 0.25) is 5.95 Å². The first kappa shape index (κ1) is 15.6. The van der Waals surface area contributed by atoms with Gasteiger partial charge in [0.25, 0.3) is 11.9 Å². The smallest absolute Gasteiger partial charge is 0.307 e. The van der Waals surface area contributed by atoms with Crippen molar-refractivity contribution in [3.63, 3.8) is 0 Å². The van der Waals surface area contributed by atoms with Crippen molar-refractivity contribution in [2.45, 2.75) is 13.3 Å². The minimum Gasteiger partial charge on any atom is -0.466 e. The quantitative estimate of drug-likeness (QED) is 0.628. The summed E-state index contributed by atoms with van der Waals surface area (Å²) in [6.45, 7) is 2.47. The molecule has 0 aliphatic rings. The number of hydrogen-bond acceptors (Lipinski definition) is 8. The van der Waals surface area contributed by atoms with Crippen molar-refractivity contribution >= 4 is 11.9 Å². The van der Waals surface area contributed by atoms with Crippen LogP contribution in [-0.2, 0) is 9.53 Å². The molecule has 0 bridgehead atoms. The van der Waals surface area contributed by atoms with Gasteiger partial charge in [-0.1, -0.05) is 0 Å². The molecule has 0 radical (unpaired) electrons. The molecule has 10 heteroatoms. The maximum Gasteiger partial charge on any atom is 0.307 e. The number of anilines is 1. The summed E-state index contributed by atoms with van der Waals surface area (Å²) in [6.07, 6.45) is 6.93. The molecule has 0 saturated carbocycles. The molecule has 0 fully saturated rings. The zero-order chi connectivity index (χ0) is 16.8. The Morgan fingerprint density at radius 3 is 2.21 bits per heavy atom. The van der Waals surface area contributed by atoms with Gasteiger partial charge in [0, 0.05) is 31.3 Å². The van der Waals surface area contributed by atoms with Crippen LogP contribution in [-0.4, -0.2) is 53.6 Å². The van der Waals surface area contributed by atoms with E-state index in [1.807, 2.05) is 0 Å². The van der Waals surface area contributed by atoms with Crippen molar-refractivity contribution in [2.24, 2.45) is 0 Å². The maximum absolute atomic E-state index is 11.4. The molecule has 0 unspecified atom stereocenters. The first-order valence-electron chi connectivity index (χ1n) is 7.42. The summed E-state index contributed by atoms with van der Waals surface area (Å²) >= 11 is 0. The predicted molar refractivity (Wildman–Crippen MR) is 83.8 cm³/mol. The number of carbonyl (C=O) groups is 1. The molecule has 0 spiro atoms. The lowest BCUT2D eigenvalue weighted by atomic mass is 10.4. The summed E-state index contributed by atoms with van der Waals surface area (Å²) in [6, 6.07) is 3.54. The van der Waals surface area contributed by atoms with E-state index in [2.05, 4.69) is 30.5 Å². The normalized spacial score (nSPS) is 10.5. The lowest BCUT2D eigenvalue weighted by Gasteiger charge is -2.08. The van der Waals surface area contributed by atoms with E-state index in [9.17, 15) is 4.79 Å². The highest BCUT2D eigenvalue weighted by Crippen LogP contribution is 2.08. The summed E-state index contributed by atoms with van der Waals surface area (Å²) in [7, 11) is 0. The molecule has 3 aromatic heterocycles. The Hall–Kier alpha value is -3.30. The van der Waals surface area contributed by atoms with Crippen LogP contribution in [0.25, 0.3) is 11.9 Å². The highest BCUT2D eigenvalue weighted by atomic mass is 16.5. The third-order valence-electron chi connectivity index (χ3n) is 2.95. The third-order valence-corrected chi connectivity index (χ3v) is 2.95. The van der Waals surface area contributed by atoms with Crippen LogP contribution in [0.4, 0.5) is 5.95 Å². The first-order chi connectivity index (χ1) is 11.8. The van der Waals surface area contributed by atoms with Crippen molar-refractivity contribution in [1.29, 1.82) is 0 Å². The van der Waals surface area contributed by atoms with E-state index in [-0.39, 0.29) is 12.4 Å². The van der Waals surface area contributed by atoms with Crippen molar-refractivity contribution < 1.29 is 9.53 Å². The van der Waals surface area contributed by atoms with Gasteiger partial charge >= 0.3 is 5.97 Å². The summed E-state index contributed by atoms with van der Waals surface area (Å²) in [5, 5.41) is 11.2. The molecule has 0 aliphatic heterocycles. The van der Waals surface area contributed by atoms with Crippen molar-refractivity contribution in [3.05, 3.63) is 36.9 Å². The fourth-order valence-electron chi connectivity index (χ4n) is 1.92. The minimum absolute atomic E-state index is 0.216. The Morgan fingerprint density at radius 1 is 1.08 bits per heavy atom. The van der Waals surface area contributed by atoms with E-state index in [4.69, 9.17) is 4.74 Å². The molecule has 10 nitrogen and oxygen atoms in total. The molecular formula is C14H16N8O2. The summed E-state index contributed by atoms with van der Waals surface area (Å²) in [5.41, 5.74) is 0. The number of esters is 1. The van der Waals surface area contributed by atoms with Crippen molar-refractivity contribution in [3.8, 4) is 11.9 Å². The van der Waals surface area contributed by atoms with Gasteiger partial charge in [0.1, 0.15) is 0 Å². The topological polar surface area (TPSA) is 113 Å². The van der Waals surface area contributed by atoms with E-state index < -0.39 is 0 Å². The maximum atomic E-state index is 11.4. The van der Waals surface area contributed by atoms with Crippen LogP contribution in [0, 0.1) is 0 Å². The van der Waals surface area contributed by atoms with Gasteiger partial charge < -0.3 is 10.1 Å². The molecular weight excluding hydrogens is 312 g/mol. The predicted octanol–water partition coefficient (Wildman–Crippen LogP) is 0.608. The molecule has 24 heavy (non-hydrogen) atoms. The molecule has 124 valence electrons. The zero-order valence-electron chi connectivity index (χ0n) is 13.0. The second-order valence-corrected chi connectivity index (χ2v) is 4.64. The average Bonchev–Trinajstić information content (AvgIpc) is 3.29. The van der Waals surface area contributed by atoms with Crippen LogP contribution in [0.5, 0.6) is 0 Å². The van der Waals surface area contributed by atoms with Crippen LogP contribution in [0.3, 0.4) is 0 Å². The van der Waals surface area contributed by atoms with Gasteiger partial charge in [0.05, 0.1) is 13.0 Å². The van der Waals surface area contributed by atoms with Gasteiger partial charge in [-0.05, 0) is 19.1 Å². The van der Waals surface area contributed by atoms with Crippen LogP contribution in [0.1, 0.15) is 13.3 Å². The molecule has 0 saturated heterocycles. The number of nitrogens with zero attached hydrogens (tertiary/aromatic N) is 7. The zero-order valence-corrected chi connectivity index (χ0v) is 13.0. The Labute approximate surface area is 137 Å². The largest absolute Gasteiger partial charge is 0.466 e. The van der Waals surface area contributed by atoms with Crippen LogP contribution in [0.15, 0.2) is 36.9 Å². The van der Waals surface area contributed by atoms with Gasteiger partial charge in [-0.25, -0.2) is 9.36 Å². The standard InChI is InChI=1S/C14H16N8O2/c1-2-24-11(23)5-8-15-12-18-13(21-9-3-6-16-21)20-14(19-12)22-10-4-7-17-22/h3-4,6-7,9-10H,2,5,8H2,1H3,(H,15,18,19,20). The number of aromatic nitrogens is 7. The number of nitrogens with one attached hydrogen (secondary N) is 1. The molecule has 0 aromatic carbocycles. The molecule has 1 N–H and O–H groups in total. The lowest BCUT2D eigenvalue weighted by molar-refractivity contribution is -0.142. The van der Waals surface area contributed by atoms with Crippen LogP contribution in [0.2, 0.25) is 0 Å². The molecule has 0 atom stereocenters. The van der Waals surface area contributed by atoms with Crippen LogP contribution < -0.4 is 5.32 Å². The van der Waals surface area contributed by atoms with Gasteiger partial charge in [-0.3, -0.25) is 4.79 Å². The highest BCUT2D eigenvalue weighted by molar-refractivity contribution is 5.69. The number of ether oxygens (including phenoxy) is 1. The summed E-state index contributed by atoms with van der Waals surface area (Å²) in [5.74, 6) is 0.738.